The summed E-state index contributed by atoms with van der Waals surface area (Å²) in [5, 5.41) is 0. The molecule has 0 spiro atoms. The molecule has 0 radical (unpaired) electrons. The quantitative estimate of drug-likeness (QED) is 0.631. The molecule has 0 aromatic carbocycles. The summed E-state index contributed by atoms with van der Waals surface area (Å²) in [6.45, 7) is 8.78. The molecule has 0 fully saturated rings. The molecule has 2 atom stereocenters. The summed E-state index contributed by atoms with van der Waals surface area (Å²) < 4.78 is 0. The number of likely N-dealkylation sites (N-methyl/N-ethyl adjacent to an activating group) is 2. The zero-order valence-corrected chi connectivity index (χ0v) is 10.5. The lowest BCUT2D eigenvalue weighted by Crippen LogP contribution is -2.53. The van der Waals surface area contributed by atoms with E-state index in [2.05, 4.69) is 44.7 Å². The van der Waals surface area contributed by atoms with Gasteiger partial charge in [0.15, 0.2) is 0 Å². The number of hydrogen-bond acceptors (Lipinski definition) is 3. The fourth-order valence-corrected chi connectivity index (χ4v) is 1.69. The molecule has 0 amide bonds. The highest BCUT2D eigenvalue weighted by atomic mass is 15.3. The van der Waals surface area contributed by atoms with Crippen molar-refractivity contribution in [3.8, 4) is 0 Å². The van der Waals surface area contributed by atoms with Crippen LogP contribution in [0.1, 0.15) is 33.6 Å². The van der Waals surface area contributed by atoms with Gasteiger partial charge in [0.25, 0.3) is 0 Å². The average molecular weight is 201 g/mol. The highest BCUT2D eigenvalue weighted by molar-refractivity contribution is 4.75. The van der Waals surface area contributed by atoms with Gasteiger partial charge in [0.1, 0.15) is 0 Å². The second-order valence-corrected chi connectivity index (χ2v) is 4.19. The molecule has 3 heteroatoms. The fourth-order valence-electron chi connectivity index (χ4n) is 1.69. The van der Waals surface area contributed by atoms with Gasteiger partial charge < -0.3 is 10.6 Å². The maximum Gasteiger partial charge on any atom is 0.0726 e. The molecule has 0 aliphatic rings. The summed E-state index contributed by atoms with van der Waals surface area (Å²) in [6.07, 6.45) is 2.49. The molecular weight excluding hydrogens is 174 g/mol. The van der Waals surface area contributed by atoms with E-state index in [1.165, 1.54) is 6.42 Å². The van der Waals surface area contributed by atoms with Crippen LogP contribution in [0.3, 0.4) is 0 Å². The van der Waals surface area contributed by atoms with Gasteiger partial charge in [-0.15, -0.1) is 0 Å². The van der Waals surface area contributed by atoms with E-state index in [1.807, 2.05) is 0 Å². The zero-order chi connectivity index (χ0) is 11.1. The van der Waals surface area contributed by atoms with E-state index in [0.717, 1.165) is 19.5 Å². The molecule has 0 saturated carbocycles. The van der Waals surface area contributed by atoms with Crippen molar-refractivity contribution in [2.24, 2.45) is 5.73 Å². The number of nitrogens with two attached hydrogens (primary N) is 1. The van der Waals surface area contributed by atoms with Gasteiger partial charge in [0, 0.05) is 6.04 Å². The van der Waals surface area contributed by atoms with Crippen molar-refractivity contribution in [2.75, 3.05) is 27.2 Å². The second kappa shape index (κ2) is 7.21. The Kier molecular flexibility index (Phi) is 7.15. The van der Waals surface area contributed by atoms with Crippen LogP contribution in [-0.4, -0.2) is 49.2 Å². The minimum absolute atomic E-state index is 0.145. The van der Waals surface area contributed by atoms with Crippen LogP contribution < -0.4 is 5.73 Å². The van der Waals surface area contributed by atoms with Crippen LogP contribution in [0.15, 0.2) is 0 Å². The van der Waals surface area contributed by atoms with Gasteiger partial charge in [-0.25, -0.2) is 0 Å². The molecule has 2 unspecified atom stereocenters. The van der Waals surface area contributed by atoms with Gasteiger partial charge in [-0.1, -0.05) is 13.8 Å². The average Bonchev–Trinajstić information content (AvgIpc) is 2.16. The van der Waals surface area contributed by atoms with Crippen molar-refractivity contribution in [3.05, 3.63) is 0 Å². The molecule has 14 heavy (non-hydrogen) atoms. The van der Waals surface area contributed by atoms with Crippen molar-refractivity contribution in [1.82, 2.24) is 9.80 Å². The van der Waals surface area contributed by atoms with Crippen LogP contribution in [0.25, 0.3) is 0 Å². The third-order valence-electron chi connectivity index (χ3n) is 2.85. The lowest BCUT2D eigenvalue weighted by Gasteiger charge is -2.34. The van der Waals surface area contributed by atoms with E-state index < -0.39 is 0 Å². The first-order chi connectivity index (χ1) is 6.54. The Hall–Kier alpha value is -0.120. The molecular formula is C11H27N3. The molecule has 86 valence electrons. The lowest BCUT2D eigenvalue weighted by molar-refractivity contribution is 0.126. The summed E-state index contributed by atoms with van der Waals surface area (Å²) >= 11 is 0. The van der Waals surface area contributed by atoms with Crippen molar-refractivity contribution in [2.45, 2.75) is 45.8 Å². The normalized spacial score (nSPS) is 16.3. The molecule has 0 bridgehead atoms. The third kappa shape index (κ3) is 4.40. The topological polar surface area (TPSA) is 32.5 Å². The van der Waals surface area contributed by atoms with E-state index in [4.69, 9.17) is 5.73 Å². The summed E-state index contributed by atoms with van der Waals surface area (Å²) in [7, 11) is 4.25. The van der Waals surface area contributed by atoms with Crippen molar-refractivity contribution in [3.63, 3.8) is 0 Å². The first-order valence-electron chi connectivity index (χ1n) is 5.70. The van der Waals surface area contributed by atoms with Gasteiger partial charge >= 0.3 is 0 Å². The Bertz CT molecular complexity index is 122. The zero-order valence-electron chi connectivity index (χ0n) is 10.5. The predicted octanol–water partition coefficient (Wildman–Crippen LogP) is 1.34. The van der Waals surface area contributed by atoms with Crippen LogP contribution in [0.5, 0.6) is 0 Å². The Morgan fingerprint density at radius 1 is 1.00 bits per heavy atom. The Morgan fingerprint density at radius 2 is 1.43 bits per heavy atom. The first kappa shape index (κ1) is 13.9. The molecule has 0 rings (SSSR count). The SMILES string of the molecule is CCCN(C)C(C)C(N)N(C)CCC. The van der Waals surface area contributed by atoms with Crippen LogP contribution in [0, 0.1) is 0 Å². The van der Waals surface area contributed by atoms with Gasteiger partial charge in [-0.3, -0.25) is 4.90 Å². The van der Waals surface area contributed by atoms with Crippen LogP contribution in [-0.2, 0) is 0 Å². The minimum Gasteiger partial charge on any atom is -0.314 e. The van der Waals surface area contributed by atoms with E-state index in [0.29, 0.717) is 6.04 Å². The largest absolute Gasteiger partial charge is 0.314 e. The Morgan fingerprint density at radius 3 is 1.86 bits per heavy atom. The van der Waals surface area contributed by atoms with Gasteiger partial charge in [0.05, 0.1) is 6.17 Å². The van der Waals surface area contributed by atoms with Crippen LogP contribution >= 0.6 is 0 Å². The maximum atomic E-state index is 6.16. The Labute approximate surface area is 89.2 Å². The standard InChI is InChI=1S/C11H27N3/c1-6-8-13(4)10(3)11(12)14(5)9-7-2/h10-11H,6-9,12H2,1-5H3. The van der Waals surface area contributed by atoms with Crippen molar-refractivity contribution < 1.29 is 0 Å². The third-order valence-corrected chi connectivity index (χ3v) is 2.85. The molecule has 3 nitrogen and oxygen atoms in total. The van der Waals surface area contributed by atoms with Gasteiger partial charge in [-0.2, -0.15) is 0 Å². The highest BCUT2D eigenvalue weighted by Gasteiger charge is 2.19. The summed E-state index contributed by atoms with van der Waals surface area (Å²) in [4.78, 5) is 4.56. The molecule has 0 saturated heterocycles. The van der Waals surface area contributed by atoms with Crippen LogP contribution in [0.2, 0.25) is 0 Å². The molecule has 0 aliphatic heterocycles. The maximum absolute atomic E-state index is 6.16. The molecule has 0 aromatic rings. The van der Waals surface area contributed by atoms with Crippen molar-refractivity contribution >= 4 is 0 Å². The summed E-state index contributed by atoms with van der Waals surface area (Å²) in [5.41, 5.74) is 6.16. The second-order valence-electron chi connectivity index (χ2n) is 4.19. The number of nitrogens with zero attached hydrogens (tertiary/aromatic N) is 2. The fraction of sp³-hybridized carbons (Fsp3) is 1.00. The van der Waals surface area contributed by atoms with E-state index in [-0.39, 0.29) is 6.17 Å². The number of rotatable bonds is 7. The number of hydrogen-bond donors (Lipinski definition) is 1. The van der Waals surface area contributed by atoms with Gasteiger partial charge in [-0.05, 0) is 47.0 Å². The molecule has 0 heterocycles. The van der Waals surface area contributed by atoms with E-state index >= 15 is 0 Å². The van der Waals surface area contributed by atoms with E-state index in [1.54, 1.807) is 0 Å². The first-order valence-corrected chi connectivity index (χ1v) is 5.70. The van der Waals surface area contributed by atoms with E-state index in [9.17, 15) is 0 Å². The summed E-state index contributed by atoms with van der Waals surface area (Å²) in [6, 6.07) is 0.423. The molecule has 0 aromatic heterocycles. The highest BCUT2D eigenvalue weighted by Crippen LogP contribution is 2.04. The minimum atomic E-state index is 0.145. The lowest BCUT2D eigenvalue weighted by atomic mass is 10.2. The van der Waals surface area contributed by atoms with Gasteiger partial charge in [0.2, 0.25) is 0 Å². The van der Waals surface area contributed by atoms with Crippen molar-refractivity contribution in [1.29, 1.82) is 0 Å². The van der Waals surface area contributed by atoms with Crippen LogP contribution in [0.4, 0.5) is 0 Å². The Balaban J connectivity index is 4.01. The monoisotopic (exact) mass is 201 g/mol. The predicted molar refractivity (Wildman–Crippen MR) is 63.3 cm³/mol. The molecule has 2 N–H and O–H groups in total. The smallest absolute Gasteiger partial charge is 0.0726 e. The molecule has 0 aliphatic carbocycles. The summed E-state index contributed by atoms with van der Waals surface area (Å²) in [5.74, 6) is 0.